The van der Waals surface area contributed by atoms with E-state index in [1.165, 1.54) is 6.21 Å². The molecule has 0 radical (unpaired) electrons. The van der Waals surface area contributed by atoms with Crippen LogP contribution in [0.3, 0.4) is 0 Å². The number of hydrazone groups is 1. The SMILES string of the molecule is Cc1cccc(/C=N/NC(=O)C(C)Nc2cccc(Cl)c2)n1. The summed E-state index contributed by atoms with van der Waals surface area (Å²) in [6.07, 6.45) is 1.51. The van der Waals surface area contributed by atoms with Gasteiger partial charge < -0.3 is 5.32 Å². The molecule has 6 heteroatoms. The van der Waals surface area contributed by atoms with Crippen LogP contribution in [0.2, 0.25) is 5.02 Å². The summed E-state index contributed by atoms with van der Waals surface area (Å²) >= 11 is 5.90. The normalized spacial score (nSPS) is 12.1. The molecule has 1 unspecified atom stereocenters. The Morgan fingerprint density at radius 2 is 2.09 bits per heavy atom. The summed E-state index contributed by atoms with van der Waals surface area (Å²) in [6.45, 7) is 3.64. The molecule has 0 bridgehead atoms. The maximum atomic E-state index is 11.9. The van der Waals surface area contributed by atoms with Gasteiger partial charge in [-0.2, -0.15) is 5.10 Å². The zero-order chi connectivity index (χ0) is 15.9. The zero-order valence-corrected chi connectivity index (χ0v) is 13.1. The van der Waals surface area contributed by atoms with Crippen molar-refractivity contribution in [1.82, 2.24) is 10.4 Å². The minimum atomic E-state index is -0.443. The van der Waals surface area contributed by atoms with Crippen molar-refractivity contribution in [2.75, 3.05) is 5.32 Å². The van der Waals surface area contributed by atoms with Crippen molar-refractivity contribution in [1.29, 1.82) is 0 Å². The number of halogens is 1. The van der Waals surface area contributed by atoms with Crippen molar-refractivity contribution in [3.05, 3.63) is 58.9 Å². The molecule has 0 aliphatic carbocycles. The van der Waals surface area contributed by atoms with E-state index in [2.05, 4.69) is 20.8 Å². The van der Waals surface area contributed by atoms with E-state index in [-0.39, 0.29) is 5.91 Å². The van der Waals surface area contributed by atoms with Crippen LogP contribution in [0.4, 0.5) is 5.69 Å². The molecule has 1 heterocycles. The van der Waals surface area contributed by atoms with Gasteiger partial charge in [0.1, 0.15) is 6.04 Å². The molecular formula is C16H17ClN4O. The van der Waals surface area contributed by atoms with E-state index >= 15 is 0 Å². The van der Waals surface area contributed by atoms with Crippen molar-refractivity contribution in [2.45, 2.75) is 19.9 Å². The summed E-state index contributed by atoms with van der Waals surface area (Å²) in [5, 5.41) is 7.58. The van der Waals surface area contributed by atoms with Crippen LogP contribution < -0.4 is 10.7 Å². The van der Waals surface area contributed by atoms with Gasteiger partial charge >= 0.3 is 0 Å². The van der Waals surface area contributed by atoms with Gasteiger partial charge in [0.25, 0.3) is 5.91 Å². The average molecular weight is 317 g/mol. The third-order valence-electron chi connectivity index (χ3n) is 2.88. The van der Waals surface area contributed by atoms with Gasteiger partial charge in [-0.1, -0.05) is 23.7 Å². The summed E-state index contributed by atoms with van der Waals surface area (Å²) in [4.78, 5) is 16.2. The first-order valence-electron chi connectivity index (χ1n) is 6.83. The lowest BCUT2D eigenvalue weighted by Crippen LogP contribution is -2.34. The van der Waals surface area contributed by atoms with Crippen molar-refractivity contribution in [2.24, 2.45) is 5.10 Å². The summed E-state index contributed by atoms with van der Waals surface area (Å²) < 4.78 is 0. The van der Waals surface area contributed by atoms with E-state index in [1.807, 2.05) is 37.3 Å². The number of nitrogens with zero attached hydrogens (tertiary/aromatic N) is 2. The van der Waals surface area contributed by atoms with Gasteiger partial charge in [-0.25, -0.2) is 5.43 Å². The Balaban J connectivity index is 1.89. The number of carbonyl (C=O) groups is 1. The number of anilines is 1. The quantitative estimate of drug-likeness (QED) is 0.658. The predicted molar refractivity (Wildman–Crippen MR) is 89.2 cm³/mol. The maximum absolute atomic E-state index is 11.9. The molecule has 1 atom stereocenters. The molecule has 22 heavy (non-hydrogen) atoms. The second-order valence-electron chi connectivity index (χ2n) is 4.81. The number of benzene rings is 1. The first-order chi connectivity index (χ1) is 10.5. The molecule has 2 rings (SSSR count). The Morgan fingerprint density at radius 3 is 2.82 bits per heavy atom. The van der Waals surface area contributed by atoms with Crippen molar-refractivity contribution in [3.8, 4) is 0 Å². The molecule has 5 nitrogen and oxygen atoms in total. The number of hydrogen-bond donors (Lipinski definition) is 2. The summed E-state index contributed by atoms with van der Waals surface area (Å²) in [5.41, 5.74) is 4.84. The van der Waals surface area contributed by atoms with Crippen molar-refractivity contribution in [3.63, 3.8) is 0 Å². The molecule has 1 amide bonds. The summed E-state index contributed by atoms with van der Waals surface area (Å²) in [6, 6.07) is 12.3. The molecule has 0 fully saturated rings. The van der Waals surface area contributed by atoms with Gasteiger partial charge in [0.2, 0.25) is 0 Å². The Kier molecular flexibility index (Phi) is 5.49. The fourth-order valence-corrected chi connectivity index (χ4v) is 1.98. The molecule has 2 N–H and O–H groups in total. The van der Waals surface area contributed by atoms with E-state index in [4.69, 9.17) is 11.6 Å². The first-order valence-corrected chi connectivity index (χ1v) is 7.21. The highest BCUT2D eigenvalue weighted by molar-refractivity contribution is 6.30. The van der Waals surface area contributed by atoms with Gasteiger partial charge in [0.05, 0.1) is 11.9 Å². The van der Waals surface area contributed by atoms with E-state index in [1.54, 1.807) is 19.1 Å². The molecular weight excluding hydrogens is 300 g/mol. The van der Waals surface area contributed by atoms with Crippen LogP contribution in [-0.4, -0.2) is 23.1 Å². The van der Waals surface area contributed by atoms with E-state index in [9.17, 15) is 4.79 Å². The number of aryl methyl sites for hydroxylation is 1. The molecule has 2 aromatic rings. The lowest BCUT2D eigenvalue weighted by Gasteiger charge is -2.13. The number of pyridine rings is 1. The number of nitrogens with one attached hydrogen (secondary N) is 2. The maximum Gasteiger partial charge on any atom is 0.262 e. The van der Waals surface area contributed by atoms with Gasteiger partial charge in [0.15, 0.2) is 0 Å². The highest BCUT2D eigenvalue weighted by Gasteiger charge is 2.11. The third kappa shape index (κ3) is 4.86. The lowest BCUT2D eigenvalue weighted by molar-refractivity contribution is -0.121. The van der Waals surface area contributed by atoms with Gasteiger partial charge in [-0.15, -0.1) is 0 Å². The van der Waals surface area contributed by atoms with Crippen molar-refractivity contribution < 1.29 is 4.79 Å². The van der Waals surface area contributed by atoms with Crippen LogP contribution in [0.5, 0.6) is 0 Å². The Bertz CT molecular complexity index is 687. The van der Waals surface area contributed by atoms with Gasteiger partial charge in [-0.3, -0.25) is 9.78 Å². The Morgan fingerprint density at radius 1 is 1.32 bits per heavy atom. The number of carbonyl (C=O) groups excluding carboxylic acids is 1. The zero-order valence-electron chi connectivity index (χ0n) is 12.4. The fourth-order valence-electron chi connectivity index (χ4n) is 1.79. The minimum absolute atomic E-state index is 0.246. The number of hydrogen-bond acceptors (Lipinski definition) is 4. The molecule has 1 aromatic carbocycles. The van der Waals surface area contributed by atoms with Gasteiger partial charge in [0, 0.05) is 16.4 Å². The summed E-state index contributed by atoms with van der Waals surface area (Å²) in [5.74, 6) is -0.246. The molecule has 0 saturated carbocycles. The predicted octanol–water partition coefficient (Wildman–Crippen LogP) is 2.99. The minimum Gasteiger partial charge on any atom is -0.374 e. The topological polar surface area (TPSA) is 66.4 Å². The van der Waals surface area contributed by atoms with Crippen LogP contribution in [0.1, 0.15) is 18.3 Å². The Labute approximate surface area is 134 Å². The van der Waals surface area contributed by atoms with Crippen LogP contribution >= 0.6 is 11.6 Å². The molecule has 0 saturated heterocycles. The number of amides is 1. The number of aromatic nitrogens is 1. The van der Waals surface area contributed by atoms with Crippen molar-refractivity contribution >= 4 is 29.4 Å². The second-order valence-corrected chi connectivity index (χ2v) is 5.25. The van der Waals surface area contributed by atoms with Gasteiger partial charge in [-0.05, 0) is 44.2 Å². The molecule has 0 spiro atoms. The third-order valence-corrected chi connectivity index (χ3v) is 3.12. The molecule has 1 aromatic heterocycles. The smallest absolute Gasteiger partial charge is 0.262 e. The van der Waals surface area contributed by atoms with Crippen LogP contribution in [0.25, 0.3) is 0 Å². The summed E-state index contributed by atoms with van der Waals surface area (Å²) in [7, 11) is 0. The average Bonchev–Trinajstić information content (AvgIpc) is 2.47. The van der Waals surface area contributed by atoms with Crippen LogP contribution in [0, 0.1) is 6.92 Å². The van der Waals surface area contributed by atoms with Crippen LogP contribution in [-0.2, 0) is 4.79 Å². The molecule has 114 valence electrons. The Hall–Kier alpha value is -2.40. The monoisotopic (exact) mass is 316 g/mol. The highest BCUT2D eigenvalue weighted by atomic mass is 35.5. The highest BCUT2D eigenvalue weighted by Crippen LogP contribution is 2.15. The standard InChI is InChI=1S/C16H17ClN4O/c1-11-5-3-8-15(19-11)10-18-21-16(22)12(2)20-14-7-4-6-13(17)9-14/h3-10,12,20H,1-2H3,(H,21,22)/b18-10+. The fraction of sp³-hybridized carbons (Fsp3) is 0.188. The van der Waals surface area contributed by atoms with Crippen LogP contribution in [0.15, 0.2) is 47.6 Å². The number of rotatable bonds is 5. The largest absolute Gasteiger partial charge is 0.374 e. The van der Waals surface area contributed by atoms with E-state index < -0.39 is 6.04 Å². The van der Waals surface area contributed by atoms with E-state index in [0.29, 0.717) is 10.7 Å². The van der Waals surface area contributed by atoms with E-state index in [0.717, 1.165) is 11.4 Å². The first kappa shape index (κ1) is 16.0. The molecule has 0 aliphatic rings. The molecule has 0 aliphatic heterocycles. The lowest BCUT2D eigenvalue weighted by atomic mass is 10.2. The second kappa shape index (κ2) is 7.56.